The van der Waals surface area contributed by atoms with E-state index in [9.17, 15) is 24.3 Å². The number of rotatable bonds is 6. The summed E-state index contributed by atoms with van der Waals surface area (Å²) < 4.78 is 10.5. The van der Waals surface area contributed by atoms with Crippen LogP contribution >= 0.6 is 15.9 Å². The van der Waals surface area contributed by atoms with E-state index in [0.717, 1.165) is 4.90 Å². The van der Waals surface area contributed by atoms with Crippen molar-refractivity contribution in [1.82, 2.24) is 5.32 Å². The van der Waals surface area contributed by atoms with Gasteiger partial charge in [0.05, 0.1) is 23.2 Å². The Labute approximate surface area is 179 Å². The Morgan fingerprint density at radius 2 is 1.87 bits per heavy atom. The number of ether oxygens (including phenoxy) is 2. The standard InChI is InChI=1S/C20H15BrN2O7/c1-29-13-5-3-12(4-6-13)23-19(27)14(18(26)22-20(23)28)8-11-2-7-16(15(21)9-11)30-10-17(24)25/h2-9H,10H2,1H3,(H,24,25)(H,22,26,28)/p-1/b14-8+. The van der Waals surface area contributed by atoms with Crippen LogP contribution in [0.5, 0.6) is 11.5 Å². The number of halogens is 1. The van der Waals surface area contributed by atoms with Crippen LogP contribution in [0.25, 0.3) is 6.08 Å². The lowest BCUT2D eigenvalue weighted by Crippen LogP contribution is -2.54. The zero-order chi connectivity index (χ0) is 21.8. The highest BCUT2D eigenvalue weighted by Gasteiger charge is 2.36. The van der Waals surface area contributed by atoms with E-state index in [1.165, 1.54) is 43.5 Å². The minimum absolute atomic E-state index is 0.246. The summed E-state index contributed by atoms with van der Waals surface area (Å²) in [6.45, 7) is -0.626. The van der Waals surface area contributed by atoms with E-state index in [1.54, 1.807) is 12.1 Å². The molecule has 0 atom stereocenters. The monoisotopic (exact) mass is 473 g/mol. The first-order valence-corrected chi connectivity index (χ1v) is 9.27. The molecule has 3 rings (SSSR count). The van der Waals surface area contributed by atoms with Crippen LogP contribution in [0.4, 0.5) is 10.5 Å². The summed E-state index contributed by atoms with van der Waals surface area (Å²) in [5, 5.41) is 12.6. The van der Waals surface area contributed by atoms with Crippen molar-refractivity contribution in [2.24, 2.45) is 0 Å². The number of carboxylic acid groups (broad SMARTS) is 1. The second kappa shape index (κ2) is 8.78. The number of hydrogen-bond donors (Lipinski definition) is 1. The maximum Gasteiger partial charge on any atom is 0.335 e. The topological polar surface area (TPSA) is 125 Å². The van der Waals surface area contributed by atoms with Crippen LogP contribution < -0.4 is 24.8 Å². The first-order valence-electron chi connectivity index (χ1n) is 8.48. The number of nitrogens with zero attached hydrogens (tertiary/aromatic N) is 1. The Morgan fingerprint density at radius 3 is 2.47 bits per heavy atom. The predicted octanol–water partition coefficient (Wildman–Crippen LogP) is 1.25. The van der Waals surface area contributed by atoms with Crippen molar-refractivity contribution in [3.8, 4) is 11.5 Å². The summed E-state index contributed by atoms with van der Waals surface area (Å²) in [4.78, 5) is 48.7. The second-order valence-corrected chi connectivity index (χ2v) is 6.86. The van der Waals surface area contributed by atoms with Crippen molar-refractivity contribution in [2.75, 3.05) is 18.6 Å². The fraction of sp³-hybridized carbons (Fsp3) is 0.100. The van der Waals surface area contributed by atoms with E-state index in [2.05, 4.69) is 21.2 Å². The summed E-state index contributed by atoms with van der Waals surface area (Å²) in [6, 6.07) is 9.86. The summed E-state index contributed by atoms with van der Waals surface area (Å²) in [7, 11) is 1.49. The van der Waals surface area contributed by atoms with Gasteiger partial charge in [0.15, 0.2) is 0 Å². The fourth-order valence-electron chi connectivity index (χ4n) is 2.65. The van der Waals surface area contributed by atoms with Gasteiger partial charge in [0.25, 0.3) is 11.8 Å². The summed E-state index contributed by atoms with van der Waals surface area (Å²) in [6.07, 6.45) is 1.31. The molecular formula is C20H14BrN2O7-. The molecule has 1 N–H and O–H groups in total. The van der Waals surface area contributed by atoms with Crippen LogP contribution in [-0.4, -0.2) is 37.5 Å². The number of urea groups is 1. The molecule has 1 heterocycles. The molecule has 30 heavy (non-hydrogen) atoms. The lowest BCUT2D eigenvalue weighted by Gasteiger charge is -2.26. The van der Waals surface area contributed by atoms with Crippen LogP contribution in [0.1, 0.15) is 5.56 Å². The van der Waals surface area contributed by atoms with Gasteiger partial charge in [-0.05, 0) is 64.0 Å². The van der Waals surface area contributed by atoms with Crippen LogP contribution in [0.15, 0.2) is 52.5 Å². The molecule has 0 aromatic heterocycles. The molecule has 0 aliphatic carbocycles. The van der Waals surface area contributed by atoms with Gasteiger partial charge >= 0.3 is 6.03 Å². The third kappa shape index (κ3) is 4.49. The Hall–Kier alpha value is -3.66. The average Bonchev–Trinajstić information content (AvgIpc) is 2.70. The van der Waals surface area contributed by atoms with Crippen LogP contribution in [0, 0.1) is 0 Å². The van der Waals surface area contributed by atoms with E-state index in [4.69, 9.17) is 9.47 Å². The van der Waals surface area contributed by atoms with E-state index in [1.807, 2.05) is 0 Å². The minimum atomic E-state index is -1.37. The molecule has 10 heteroatoms. The van der Waals surface area contributed by atoms with Gasteiger partial charge in [-0.2, -0.15) is 0 Å². The Kier molecular flexibility index (Phi) is 6.17. The number of carbonyl (C=O) groups is 4. The number of carbonyl (C=O) groups excluding carboxylic acids is 4. The quantitative estimate of drug-likeness (QED) is 0.494. The predicted molar refractivity (Wildman–Crippen MR) is 107 cm³/mol. The molecule has 1 aliphatic heterocycles. The summed E-state index contributed by atoms with van der Waals surface area (Å²) in [5.74, 6) is -2.21. The second-order valence-electron chi connectivity index (χ2n) is 6.01. The average molecular weight is 474 g/mol. The van der Waals surface area contributed by atoms with E-state index in [-0.39, 0.29) is 17.0 Å². The van der Waals surface area contributed by atoms with Gasteiger partial charge < -0.3 is 19.4 Å². The molecule has 4 amide bonds. The zero-order valence-electron chi connectivity index (χ0n) is 15.5. The highest BCUT2D eigenvalue weighted by Crippen LogP contribution is 2.28. The molecule has 1 aliphatic rings. The van der Waals surface area contributed by atoms with E-state index in [0.29, 0.717) is 15.8 Å². The fourth-order valence-corrected chi connectivity index (χ4v) is 3.16. The Bertz CT molecular complexity index is 1060. The zero-order valence-corrected chi connectivity index (χ0v) is 17.1. The first-order chi connectivity index (χ1) is 14.3. The van der Waals surface area contributed by atoms with Crippen LogP contribution in [0.2, 0.25) is 0 Å². The molecule has 0 saturated carbocycles. The van der Waals surface area contributed by atoms with Gasteiger partial charge in [0.2, 0.25) is 0 Å². The molecule has 0 bridgehead atoms. The van der Waals surface area contributed by atoms with E-state index >= 15 is 0 Å². The number of methoxy groups -OCH3 is 1. The molecule has 1 saturated heterocycles. The van der Waals surface area contributed by atoms with Gasteiger partial charge in [0, 0.05) is 0 Å². The summed E-state index contributed by atoms with van der Waals surface area (Å²) >= 11 is 3.23. The van der Waals surface area contributed by atoms with Gasteiger partial charge in [-0.25, -0.2) is 9.69 Å². The molecule has 9 nitrogen and oxygen atoms in total. The highest BCUT2D eigenvalue weighted by atomic mass is 79.9. The number of barbiturate groups is 1. The highest BCUT2D eigenvalue weighted by molar-refractivity contribution is 9.10. The van der Waals surface area contributed by atoms with Gasteiger partial charge in [-0.3, -0.25) is 14.9 Å². The maximum atomic E-state index is 12.9. The number of anilines is 1. The Morgan fingerprint density at radius 1 is 1.17 bits per heavy atom. The number of aliphatic carboxylic acids is 1. The van der Waals surface area contributed by atoms with Crippen LogP contribution in [0.3, 0.4) is 0 Å². The number of carboxylic acids is 1. The Balaban J connectivity index is 1.90. The smallest absolute Gasteiger partial charge is 0.335 e. The first kappa shape index (κ1) is 21.1. The van der Waals surface area contributed by atoms with E-state index < -0.39 is 30.4 Å². The number of hydrogen-bond acceptors (Lipinski definition) is 7. The molecule has 0 spiro atoms. The lowest BCUT2D eigenvalue weighted by molar-refractivity contribution is -0.307. The number of benzene rings is 2. The lowest BCUT2D eigenvalue weighted by atomic mass is 10.1. The summed E-state index contributed by atoms with van der Waals surface area (Å²) in [5.41, 5.74) is 0.467. The molecule has 2 aromatic rings. The molecule has 2 aromatic carbocycles. The van der Waals surface area contributed by atoms with Crippen LogP contribution in [-0.2, 0) is 14.4 Å². The van der Waals surface area contributed by atoms with Crippen molar-refractivity contribution in [3.63, 3.8) is 0 Å². The molecule has 154 valence electrons. The third-order valence-electron chi connectivity index (χ3n) is 4.04. The van der Waals surface area contributed by atoms with Crippen molar-refractivity contribution in [2.45, 2.75) is 0 Å². The SMILES string of the molecule is COc1ccc(N2C(=O)NC(=O)/C(=C\c3ccc(OCC(=O)[O-])c(Br)c3)C2=O)cc1. The molecular weight excluding hydrogens is 460 g/mol. The minimum Gasteiger partial charge on any atom is -0.546 e. The van der Waals surface area contributed by atoms with Gasteiger partial charge in [0.1, 0.15) is 23.7 Å². The van der Waals surface area contributed by atoms with Crippen molar-refractivity contribution in [3.05, 3.63) is 58.1 Å². The third-order valence-corrected chi connectivity index (χ3v) is 4.66. The maximum absolute atomic E-state index is 12.9. The largest absolute Gasteiger partial charge is 0.546 e. The number of nitrogens with one attached hydrogen (secondary N) is 1. The molecule has 0 unspecified atom stereocenters. The molecule has 1 fully saturated rings. The van der Waals surface area contributed by atoms with Gasteiger partial charge in [-0.15, -0.1) is 0 Å². The number of amides is 4. The number of imide groups is 2. The normalized spacial score (nSPS) is 15.2. The molecule has 0 radical (unpaired) electrons. The van der Waals surface area contributed by atoms with Crippen molar-refractivity contribution >= 4 is 51.5 Å². The van der Waals surface area contributed by atoms with Gasteiger partial charge in [-0.1, -0.05) is 6.07 Å². The van der Waals surface area contributed by atoms with Crippen molar-refractivity contribution < 1.29 is 33.8 Å². The van der Waals surface area contributed by atoms with Crippen molar-refractivity contribution in [1.29, 1.82) is 0 Å².